The number of nitrogens with one attached hydrogen (secondary N) is 2. The Hall–Kier alpha value is -2.86. The molecule has 3 aromatic rings. The lowest BCUT2D eigenvalue weighted by molar-refractivity contribution is -0.126. The highest BCUT2D eigenvalue weighted by molar-refractivity contribution is 6.30. The molecule has 0 atom stereocenters. The maximum atomic E-state index is 12.6. The van der Waals surface area contributed by atoms with E-state index in [-0.39, 0.29) is 17.9 Å². The summed E-state index contributed by atoms with van der Waals surface area (Å²) in [5.41, 5.74) is 1.94. The van der Waals surface area contributed by atoms with Gasteiger partial charge in [0, 0.05) is 43.0 Å². The summed E-state index contributed by atoms with van der Waals surface area (Å²) in [5, 5.41) is 8.28. The van der Waals surface area contributed by atoms with Crippen LogP contribution < -0.4 is 15.5 Å². The summed E-state index contributed by atoms with van der Waals surface area (Å²) < 4.78 is 0. The van der Waals surface area contributed by atoms with Crippen LogP contribution in [0, 0.1) is 5.92 Å². The smallest absolute Gasteiger partial charge is 0.225 e. The van der Waals surface area contributed by atoms with E-state index >= 15 is 0 Å². The van der Waals surface area contributed by atoms with Gasteiger partial charge in [0.15, 0.2) is 0 Å². The number of anilines is 2. The standard InChI is InChI=1S/C24H28ClN5O/c1-30(2)22-20-8-3-4-9-21(20)28-24(29-22)27-19-12-10-17(11-13-19)23(31)26-15-16-6-5-7-18(25)14-16/h3-9,14,17,19H,10-13,15H2,1-2H3,(H,26,31)(H,27,28,29). The molecule has 0 aliphatic heterocycles. The molecule has 4 rings (SSSR count). The van der Waals surface area contributed by atoms with E-state index in [9.17, 15) is 4.79 Å². The van der Waals surface area contributed by atoms with Gasteiger partial charge in [-0.1, -0.05) is 35.9 Å². The van der Waals surface area contributed by atoms with Crippen LogP contribution >= 0.6 is 11.6 Å². The zero-order valence-corrected chi connectivity index (χ0v) is 18.7. The molecule has 0 saturated heterocycles. The average molecular weight is 438 g/mol. The van der Waals surface area contributed by atoms with E-state index in [0.717, 1.165) is 48.0 Å². The minimum absolute atomic E-state index is 0.0482. The molecule has 1 aromatic heterocycles. The Bertz CT molecular complexity index is 1060. The Morgan fingerprint density at radius 1 is 1.06 bits per heavy atom. The third-order valence-corrected chi connectivity index (χ3v) is 6.03. The molecule has 1 amide bonds. The van der Waals surface area contributed by atoms with Crippen molar-refractivity contribution in [3.8, 4) is 0 Å². The zero-order valence-electron chi connectivity index (χ0n) is 17.9. The molecule has 1 fully saturated rings. The van der Waals surface area contributed by atoms with Gasteiger partial charge in [-0.3, -0.25) is 4.79 Å². The van der Waals surface area contributed by atoms with Crippen molar-refractivity contribution >= 4 is 40.2 Å². The fraction of sp³-hybridized carbons (Fsp3) is 0.375. The van der Waals surface area contributed by atoms with Crippen LogP contribution in [0.4, 0.5) is 11.8 Å². The summed E-state index contributed by atoms with van der Waals surface area (Å²) in [4.78, 5) is 24.0. The maximum absolute atomic E-state index is 12.6. The van der Waals surface area contributed by atoms with Crippen LogP contribution in [-0.2, 0) is 11.3 Å². The molecule has 7 heteroatoms. The lowest BCUT2D eigenvalue weighted by Crippen LogP contribution is -2.35. The van der Waals surface area contributed by atoms with Gasteiger partial charge >= 0.3 is 0 Å². The lowest BCUT2D eigenvalue weighted by atomic mass is 9.85. The van der Waals surface area contributed by atoms with E-state index in [2.05, 4.69) is 10.6 Å². The summed E-state index contributed by atoms with van der Waals surface area (Å²) in [7, 11) is 3.98. The molecular weight excluding hydrogens is 410 g/mol. The largest absolute Gasteiger partial charge is 0.362 e. The lowest BCUT2D eigenvalue weighted by Gasteiger charge is -2.28. The Balaban J connectivity index is 1.33. The maximum Gasteiger partial charge on any atom is 0.225 e. The first kappa shape index (κ1) is 21.4. The number of hydrogen-bond acceptors (Lipinski definition) is 5. The number of carbonyl (C=O) groups is 1. The van der Waals surface area contributed by atoms with Crippen molar-refractivity contribution in [1.29, 1.82) is 0 Å². The Kier molecular flexibility index (Phi) is 6.56. The topological polar surface area (TPSA) is 70.2 Å². The second-order valence-corrected chi connectivity index (χ2v) is 8.76. The Labute approximate surface area is 188 Å². The first-order chi connectivity index (χ1) is 15.0. The van der Waals surface area contributed by atoms with Gasteiger partial charge in [-0.05, 0) is 55.5 Å². The van der Waals surface area contributed by atoms with Crippen molar-refractivity contribution in [3.63, 3.8) is 0 Å². The van der Waals surface area contributed by atoms with Crippen LogP contribution in [0.1, 0.15) is 31.2 Å². The zero-order chi connectivity index (χ0) is 21.8. The van der Waals surface area contributed by atoms with Crippen molar-refractivity contribution in [2.75, 3.05) is 24.3 Å². The van der Waals surface area contributed by atoms with E-state index in [1.165, 1.54) is 0 Å². The summed E-state index contributed by atoms with van der Waals surface area (Å²) in [6.07, 6.45) is 3.55. The molecule has 6 nitrogen and oxygen atoms in total. The van der Waals surface area contributed by atoms with Crippen LogP contribution in [0.2, 0.25) is 5.02 Å². The fourth-order valence-electron chi connectivity index (χ4n) is 4.13. The predicted octanol–water partition coefficient (Wildman–Crippen LogP) is 4.64. The third kappa shape index (κ3) is 5.25. The molecule has 1 heterocycles. The number of hydrogen-bond donors (Lipinski definition) is 2. The van der Waals surface area contributed by atoms with E-state index in [1.54, 1.807) is 0 Å². The van der Waals surface area contributed by atoms with Crippen molar-refractivity contribution in [1.82, 2.24) is 15.3 Å². The number of rotatable bonds is 6. The monoisotopic (exact) mass is 437 g/mol. The van der Waals surface area contributed by atoms with Crippen molar-refractivity contribution in [2.24, 2.45) is 5.92 Å². The van der Waals surface area contributed by atoms with Crippen molar-refractivity contribution in [3.05, 3.63) is 59.1 Å². The molecule has 2 aromatic carbocycles. The minimum atomic E-state index is 0.0482. The fourth-order valence-corrected chi connectivity index (χ4v) is 4.34. The van der Waals surface area contributed by atoms with Crippen LogP contribution in [0.15, 0.2) is 48.5 Å². The van der Waals surface area contributed by atoms with Gasteiger partial charge < -0.3 is 15.5 Å². The molecule has 1 aliphatic carbocycles. The molecule has 1 aliphatic rings. The summed E-state index contributed by atoms with van der Waals surface area (Å²) >= 11 is 6.02. The normalized spacial score (nSPS) is 18.5. The molecule has 0 unspecified atom stereocenters. The van der Waals surface area contributed by atoms with E-state index in [0.29, 0.717) is 17.5 Å². The van der Waals surface area contributed by atoms with Gasteiger partial charge in [-0.2, -0.15) is 4.98 Å². The second-order valence-electron chi connectivity index (χ2n) is 8.32. The molecule has 1 saturated carbocycles. The van der Waals surface area contributed by atoms with Crippen LogP contribution in [0.25, 0.3) is 10.9 Å². The van der Waals surface area contributed by atoms with Crippen LogP contribution in [0.5, 0.6) is 0 Å². The SMILES string of the molecule is CN(C)c1nc(NC2CCC(C(=O)NCc3cccc(Cl)c3)CC2)nc2ccccc12. The minimum Gasteiger partial charge on any atom is -0.362 e. The summed E-state index contributed by atoms with van der Waals surface area (Å²) in [6.45, 7) is 0.510. The van der Waals surface area contributed by atoms with Gasteiger partial charge in [0.25, 0.3) is 0 Å². The van der Waals surface area contributed by atoms with Gasteiger partial charge in [0.1, 0.15) is 5.82 Å². The second kappa shape index (κ2) is 9.52. The molecule has 0 radical (unpaired) electrons. The predicted molar refractivity (Wildman–Crippen MR) is 127 cm³/mol. The Morgan fingerprint density at radius 2 is 1.84 bits per heavy atom. The van der Waals surface area contributed by atoms with Crippen molar-refractivity contribution in [2.45, 2.75) is 38.3 Å². The number of carbonyl (C=O) groups excluding carboxylic acids is 1. The third-order valence-electron chi connectivity index (χ3n) is 5.79. The van der Waals surface area contributed by atoms with Gasteiger partial charge in [-0.15, -0.1) is 0 Å². The van der Waals surface area contributed by atoms with E-state index in [1.807, 2.05) is 67.5 Å². The van der Waals surface area contributed by atoms with Gasteiger partial charge in [0.05, 0.1) is 5.52 Å². The van der Waals surface area contributed by atoms with Gasteiger partial charge in [-0.25, -0.2) is 4.98 Å². The van der Waals surface area contributed by atoms with E-state index < -0.39 is 0 Å². The highest BCUT2D eigenvalue weighted by Crippen LogP contribution is 2.28. The molecule has 0 spiro atoms. The number of halogens is 1. The number of para-hydroxylation sites is 1. The number of nitrogens with zero attached hydrogens (tertiary/aromatic N) is 3. The quantitative estimate of drug-likeness (QED) is 0.588. The molecule has 31 heavy (non-hydrogen) atoms. The first-order valence-corrected chi connectivity index (χ1v) is 11.1. The number of fused-ring (bicyclic) bond motifs is 1. The van der Waals surface area contributed by atoms with Crippen molar-refractivity contribution < 1.29 is 4.79 Å². The molecule has 2 N–H and O–H groups in total. The molecular formula is C24H28ClN5O. The number of aromatic nitrogens is 2. The first-order valence-electron chi connectivity index (χ1n) is 10.7. The van der Waals surface area contributed by atoms with Crippen LogP contribution in [0.3, 0.4) is 0 Å². The summed E-state index contributed by atoms with van der Waals surface area (Å²) in [5.74, 6) is 1.72. The number of amides is 1. The average Bonchev–Trinajstić information content (AvgIpc) is 2.77. The highest BCUT2D eigenvalue weighted by Gasteiger charge is 2.26. The highest BCUT2D eigenvalue weighted by atomic mass is 35.5. The van der Waals surface area contributed by atoms with Gasteiger partial charge in [0.2, 0.25) is 11.9 Å². The molecule has 0 bridgehead atoms. The summed E-state index contributed by atoms with van der Waals surface area (Å²) in [6, 6.07) is 15.9. The Morgan fingerprint density at radius 3 is 2.58 bits per heavy atom. The molecule has 162 valence electrons. The number of benzene rings is 2. The van der Waals surface area contributed by atoms with E-state index in [4.69, 9.17) is 21.6 Å². The van der Waals surface area contributed by atoms with Crippen LogP contribution in [-0.4, -0.2) is 36.0 Å².